The molecule has 2 aromatic rings. The van der Waals surface area contributed by atoms with Crippen LogP contribution in [-0.4, -0.2) is 64.8 Å². The van der Waals surface area contributed by atoms with Crippen LogP contribution in [0.15, 0.2) is 42.9 Å². The third kappa shape index (κ3) is 5.01. The molecule has 3 rings (SSSR count). The quantitative estimate of drug-likeness (QED) is 0.597. The van der Waals surface area contributed by atoms with E-state index in [0.717, 1.165) is 44.7 Å². The van der Waals surface area contributed by atoms with Crippen molar-refractivity contribution < 1.29 is 4.79 Å². The highest BCUT2D eigenvalue weighted by atomic mass is 16.1. The maximum atomic E-state index is 12.3. The van der Waals surface area contributed by atoms with Gasteiger partial charge in [-0.2, -0.15) is 0 Å². The van der Waals surface area contributed by atoms with Crippen molar-refractivity contribution >= 4 is 5.78 Å². The molecule has 1 aromatic heterocycles. The Balaban J connectivity index is 1.31. The maximum Gasteiger partial charge on any atom is 0.176 e. The molecule has 1 saturated heterocycles. The van der Waals surface area contributed by atoms with Gasteiger partial charge in [0.15, 0.2) is 5.78 Å². The number of aromatic nitrogens is 2. The van der Waals surface area contributed by atoms with Crippen molar-refractivity contribution in [2.75, 3.05) is 39.3 Å². The van der Waals surface area contributed by atoms with E-state index in [0.29, 0.717) is 6.54 Å². The van der Waals surface area contributed by atoms with E-state index in [1.54, 1.807) is 6.33 Å². The van der Waals surface area contributed by atoms with Crippen molar-refractivity contribution in [2.45, 2.75) is 19.3 Å². The summed E-state index contributed by atoms with van der Waals surface area (Å²) in [4.78, 5) is 24.2. The van der Waals surface area contributed by atoms with Crippen LogP contribution in [0.3, 0.4) is 0 Å². The van der Waals surface area contributed by atoms with E-state index < -0.39 is 0 Å². The lowest BCUT2D eigenvalue weighted by Gasteiger charge is -2.34. The molecule has 0 amide bonds. The third-order valence-corrected chi connectivity index (χ3v) is 4.65. The lowest BCUT2D eigenvalue weighted by Crippen LogP contribution is -2.48. The standard InChI is InChI=1S/C19H26N4O/c24-19(17-6-2-1-3-7-17)15-23-12-10-22(11-13-23)9-5-4-8-18-14-20-16-21-18/h1-3,6-7,14,16H,4-5,8-13,15H2,(H,20,21). The van der Waals surface area contributed by atoms with Crippen LogP contribution in [0, 0.1) is 0 Å². The number of piperazine rings is 1. The van der Waals surface area contributed by atoms with E-state index in [1.165, 1.54) is 18.5 Å². The first-order valence-corrected chi connectivity index (χ1v) is 8.81. The molecule has 0 unspecified atom stereocenters. The maximum absolute atomic E-state index is 12.3. The van der Waals surface area contributed by atoms with E-state index in [9.17, 15) is 4.79 Å². The molecular weight excluding hydrogens is 300 g/mol. The molecule has 0 atom stereocenters. The summed E-state index contributed by atoms with van der Waals surface area (Å²) in [5, 5.41) is 0. The Bertz CT molecular complexity index is 604. The normalized spacial score (nSPS) is 16.3. The number of nitrogens with one attached hydrogen (secondary N) is 1. The predicted molar refractivity (Wildman–Crippen MR) is 95.2 cm³/mol. The van der Waals surface area contributed by atoms with Gasteiger partial charge in [-0.1, -0.05) is 30.3 Å². The Kier molecular flexibility index (Phi) is 6.15. The minimum atomic E-state index is 0.226. The number of carbonyl (C=O) groups excluding carboxylic acids is 1. The summed E-state index contributed by atoms with van der Waals surface area (Å²) >= 11 is 0. The van der Waals surface area contributed by atoms with Crippen molar-refractivity contribution in [3.05, 3.63) is 54.1 Å². The molecule has 2 heterocycles. The van der Waals surface area contributed by atoms with Crippen LogP contribution in [0.2, 0.25) is 0 Å². The van der Waals surface area contributed by atoms with Gasteiger partial charge < -0.3 is 9.88 Å². The van der Waals surface area contributed by atoms with Crippen LogP contribution in [-0.2, 0) is 6.42 Å². The fourth-order valence-electron chi connectivity index (χ4n) is 3.16. The van der Waals surface area contributed by atoms with E-state index in [4.69, 9.17) is 0 Å². The smallest absolute Gasteiger partial charge is 0.176 e. The molecular formula is C19H26N4O. The lowest BCUT2D eigenvalue weighted by molar-refractivity contribution is 0.0851. The zero-order chi connectivity index (χ0) is 16.6. The number of Topliss-reactive ketones (excluding diaryl/α,β-unsaturated/α-hetero) is 1. The zero-order valence-electron chi connectivity index (χ0n) is 14.2. The monoisotopic (exact) mass is 326 g/mol. The summed E-state index contributed by atoms with van der Waals surface area (Å²) in [5.74, 6) is 0.226. The first-order valence-electron chi connectivity index (χ1n) is 8.81. The number of carbonyl (C=O) groups is 1. The average molecular weight is 326 g/mol. The number of nitrogens with zero attached hydrogens (tertiary/aromatic N) is 3. The molecule has 1 aliphatic heterocycles. The van der Waals surface area contributed by atoms with Gasteiger partial charge in [0, 0.05) is 43.6 Å². The van der Waals surface area contributed by atoms with E-state index in [-0.39, 0.29) is 5.78 Å². The van der Waals surface area contributed by atoms with Gasteiger partial charge >= 0.3 is 0 Å². The molecule has 0 radical (unpaired) electrons. The van der Waals surface area contributed by atoms with Crippen molar-refractivity contribution in [3.8, 4) is 0 Å². The number of H-pyrrole nitrogens is 1. The van der Waals surface area contributed by atoms with Crippen LogP contribution in [0.25, 0.3) is 0 Å². The summed E-state index contributed by atoms with van der Waals surface area (Å²) in [7, 11) is 0. The van der Waals surface area contributed by atoms with Gasteiger partial charge in [-0.25, -0.2) is 4.98 Å². The summed E-state index contributed by atoms with van der Waals surface area (Å²) in [5.41, 5.74) is 2.04. The molecule has 1 aromatic carbocycles. The molecule has 128 valence electrons. The first-order chi connectivity index (χ1) is 11.8. The van der Waals surface area contributed by atoms with Crippen LogP contribution in [0.4, 0.5) is 0 Å². The zero-order valence-corrected chi connectivity index (χ0v) is 14.2. The molecule has 5 heteroatoms. The van der Waals surface area contributed by atoms with Crippen LogP contribution < -0.4 is 0 Å². The third-order valence-electron chi connectivity index (χ3n) is 4.65. The summed E-state index contributed by atoms with van der Waals surface area (Å²) in [6.45, 7) is 5.78. The topological polar surface area (TPSA) is 52.2 Å². The van der Waals surface area contributed by atoms with Gasteiger partial charge in [0.05, 0.1) is 12.9 Å². The predicted octanol–water partition coefficient (Wildman–Crippen LogP) is 2.23. The van der Waals surface area contributed by atoms with Crippen LogP contribution >= 0.6 is 0 Å². The van der Waals surface area contributed by atoms with Crippen molar-refractivity contribution in [1.29, 1.82) is 0 Å². The Hall–Kier alpha value is -1.98. The second kappa shape index (κ2) is 8.76. The molecule has 0 bridgehead atoms. The largest absolute Gasteiger partial charge is 0.348 e. The van der Waals surface area contributed by atoms with Gasteiger partial charge in [0.1, 0.15) is 0 Å². The van der Waals surface area contributed by atoms with Crippen LogP contribution in [0.5, 0.6) is 0 Å². The van der Waals surface area contributed by atoms with Gasteiger partial charge in [-0.3, -0.25) is 9.69 Å². The highest BCUT2D eigenvalue weighted by molar-refractivity contribution is 5.97. The molecule has 5 nitrogen and oxygen atoms in total. The number of rotatable bonds is 8. The fourth-order valence-corrected chi connectivity index (χ4v) is 3.16. The van der Waals surface area contributed by atoms with Crippen molar-refractivity contribution in [1.82, 2.24) is 19.8 Å². The van der Waals surface area contributed by atoms with Gasteiger partial charge in [-0.05, 0) is 25.8 Å². The van der Waals surface area contributed by atoms with Crippen LogP contribution in [0.1, 0.15) is 28.9 Å². The molecule has 0 saturated carbocycles. The Morgan fingerprint density at radius 2 is 1.79 bits per heavy atom. The Morgan fingerprint density at radius 3 is 2.50 bits per heavy atom. The number of unbranched alkanes of at least 4 members (excludes halogenated alkanes) is 1. The number of hydrogen-bond donors (Lipinski definition) is 1. The summed E-state index contributed by atoms with van der Waals surface area (Å²) in [6.07, 6.45) is 7.12. The van der Waals surface area contributed by atoms with E-state index >= 15 is 0 Å². The second-order valence-electron chi connectivity index (χ2n) is 6.44. The minimum absolute atomic E-state index is 0.226. The number of ketones is 1. The highest BCUT2D eigenvalue weighted by Gasteiger charge is 2.19. The fraction of sp³-hybridized carbons (Fsp3) is 0.474. The molecule has 0 spiro atoms. The van der Waals surface area contributed by atoms with E-state index in [1.807, 2.05) is 36.5 Å². The minimum Gasteiger partial charge on any atom is -0.348 e. The number of benzene rings is 1. The molecule has 1 N–H and O–H groups in total. The second-order valence-corrected chi connectivity index (χ2v) is 6.44. The van der Waals surface area contributed by atoms with Crippen molar-refractivity contribution in [3.63, 3.8) is 0 Å². The molecule has 24 heavy (non-hydrogen) atoms. The Morgan fingerprint density at radius 1 is 1.04 bits per heavy atom. The number of aromatic amines is 1. The van der Waals surface area contributed by atoms with Gasteiger partial charge in [0.25, 0.3) is 0 Å². The summed E-state index contributed by atoms with van der Waals surface area (Å²) < 4.78 is 0. The SMILES string of the molecule is O=C(CN1CCN(CCCCc2cnc[nH]2)CC1)c1ccccc1. The molecule has 1 fully saturated rings. The summed E-state index contributed by atoms with van der Waals surface area (Å²) in [6, 6.07) is 9.60. The van der Waals surface area contributed by atoms with Gasteiger partial charge in [0.2, 0.25) is 0 Å². The number of imidazole rings is 1. The number of hydrogen-bond acceptors (Lipinski definition) is 4. The van der Waals surface area contributed by atoms with Gasteiger partial charge in [-0.15, -0.1) is 0 Å². The first kappa shape index (κ1) is 16.9. The van der Waals surface area contributed by atoms with E-state index in [2.05, 4.69) is 19.8 Å². The lowest BCUT2D eigenvalue weighted by atomic mass is 10.1. The Labute approximate surface area is 143 Å². The molecule has 1 aliphatic rings. The average Bonchev–Trinajstić information content (AvgIpc) is 3.14. The number of aryl methyl sites for hydroxylation is 1. The molecule has 0 aliphatic carbocycles. The highest BCUT2D eigenvalue weighted by Crippen LogP contribution is 2.08. The van der Waals surface area contributed by atoms with Crippen molar-refractivity contribution in [2.24, 2.45) is 0 Å².